The summed E-state index contributed by atoms with van der Waals surface area (Å²) in [6.45, 7) is 0. The van der Waals surface area contributed by atoms with Gasteiger partial charge >= 0.3 is 0 Å². The number of hydrogen-bond acceptors (Lipinski definition) is 5. The van der Waals surface area contributed by atoms with Crippen molar-refractivity contribution in [1.82, 2.24) is 0 Å². The molecule has 1 aromatic carbocycles. The fourth-order valence-corrected chi connectivity index (χ4v) is 2.56. The van der Waals surface area contributed by atoms with Crippen molar-refractivity contribution >= 4 is 41.4 Å². The number of benzene rings is 1. The van der Waals surface area contributed by atoms with Gasteiger partial charge in [0.1, 0.15) is 6.07 Å². The Morgan fingerprint density at radius 1 is 1.50 bits per heavy atom. The van der Waals surface area contributed by atoms with Crippen LogP contribution in [-0.2, 0) is 9.05 Å². The van der Waals surface area contributed by atoms with E-state index in [1.54, 1.807) is 6.07 Å². The molecule has 9 heteroatoms. The molecular weight excluding hydrogens is 324 g/mol. The summed E-state index contributed by atoms with van der Waals surface area (Å²) in [7, 11) is 0.804. The third kappa shape index (κ3) is 2.49. The minimum atomic E-state index is -4.23. The molecule has 84 valence electrons. The fraction of sp³-hybridized carbons (Fsp3) is 0. The van der Waals surface area contributed by atoms with Crippen LogP contribution in [0.2, 0.25) is 0 Å². The highest BCUT2D eigenvalue weighted by molar-refractivity contribution is 9.10. The molecule has 1 rings (SSSR count). The summed E-state index contributed by atoms with van der Waals surface area (Å²) in [5.74, 6) is 0. The predicted octanol–water partition coefficient (Wildman–Crippen LogP) is 2.16. The Labute approximate surface area is 103 Å². The molecule has 16 heavy (non-hydrogen) atoms. The van der Waals surface area contributed by atoms with Gasteiger partial charge in [0.15, 0.2) is 4.90 Å². The Morgan fingerprint density at radius 3 is 2.44 bits per heavy atom. The van der Waals surface area contributed by atoms with Gasteiger partial charge in [-0.3, -0.25) is 10.1 Å². The summed E-state index contributed by atoms with van der Waals surface area (Å²) in [5.41, 5.74) is -0.773. The maximum atomic E-state index is 11.1. The predicted molar refractivity (Wildman–Crippen MR) is 58.6 cm³/mol. The lowest BCUT2D eigenvalue weighted by atomic mass is 10.2. The Bertz CT molecular complexity index is 608. The van der Waals surface area contributed by atoms with Crippen LogP contribution >= 0.6 is 26.6 Å². The van der Waals surface area contributed by atoms with E-state index >= 15 is 0 Å². The van der Waals surface area contributed by atoms with Crippen molar-refractivity contribution in [3.05, 3.63) is 32.3 Å². The molecule has 0 spiro atoms. The third-order valence-corrected chi connectivity index (χ3v) is 3.64. The van der Waals surface area contributed by atoms with E-state index in [1.807, 2.05) is 0 Å². The van der Waals surface area contributed by atoms with Crippen molar-refractivity contribution in [2.75, 3.05) is 0 Å². The molecule has 0 aliphatic rings. The second kappa shape index (κ2) is 4.37. The van der Waals surface area contributed by atoms with E-state index in [9.17, 15) is 18.5 Å². The van der Waals surface area contributed by atoms with E-state index in [1.165, 1.54) is 0 Å². The van der Waals surface area contributed by atoms with Crippen LogP contribution in [-0.4, -0.2) is 13.3 Å². The molecule has 0 aliphatic heterocycles. The van der Waals surface area contributed by atoms with Gasteiger partial charge in [-0.2, -0.15) is 5.26 Å². The fourth-order valence-electron chi connectivity index (χ4n) is 0.967. The van der Waals surface area contributed by atoms with Gasteiger partial charge < -0.3 is 0 Å². The molecule has 0 N–H and O–H groups in total. The van der Waals surface area contributed by atoms with Gasteiger partial charge in [0, 0.05) is 21.2 Å². The van der Waals surface area contributed by atoms with Crippen LogP contribution in [0.5, 0.6) is 0 Å². The molecule has 0 amide bonds. The number of rotatable bonds is 2. The molecule has 0 atom stereocenters. The average molecular weight is 326 g/mol. The molecule has 0 aliphatic carbocycles. The summed E-state index contributed by atoms with van der Waals surface area (Å²) < 4.78 is 22.3. The molecule has 0 saturated carbocycles. The summed E-state index contributed by atoms with van der Waals surface area (Å²) in [5, 5.41) is 19.2. The highest BCUT2D eigenvalue weighted by Crippen LogP contribution is 2.32. The molecule has 0 unspecified atom stereocenters. The zero-order valence-corrected chi connectivity index (χ0v) is 10.5. The van der Waals surface area contributed by atoms with Crippen molar-refractivity contribution in [3.8, 4) is 6.07 Å². The van der Waals surface area contributed by atoms with Crippen LogP contribution in [0.3, 0.4) is 0 Å². The van der Waals surface area contributed by atoms with Crippen LogP contribution in [0.15, 0.2) is 21.5 Å². The monoisotopic (exact) mass is 324 g/mol. The largest absolute Gasteiger partial charge is 0.290 e. The van der Waals surface area contributed by atoms with Crippen LogP contribution in [0.25, 0.3) is 0 Å². The van der Waals surface area contributed by atoms with Crippen molar-refractivity contribution < 1.29 is 13.3 Å². The first-order valence-electron chi connectivity index (χ1n) is 3.60. The van der Waals surface area contributed by atoms with Crippen molar-refractivity contribution in [2.24, 2.45) is 0 Å². The third-order valence-electron chi connectivity index (χ3n) is 1.63. The van der Waals surface area contributed by atoms with E-state index in [0.29, 0.717) is 0 Å². The second-order valence-corrected chi connectivity index (χ2v) is 6.00. The smallest absolute Gasteiger partial charge is 0.258 e. The number of nitriles is 1. The maximum Gasteiger partial charge on any atom is 0.290 e. The van der Waals surface area contributed by atoms with Crippen molar-refractivity contribution in [2.45, 2.75) is 4.90 Å². The van der Waals surface area contributed by atoms with Crippen molar-refractivity contribution in [3.63, 3.8) is 0 Å². The Balaban J connectivity index is 3.70. The number of halogens is 2. The Morgan fingerprint density at radius 2 is 2.06 bits per heavy atom. The second-order valence-electron chi connectivity index (χ2n) is 2.61. The molecule has 0 saturated heterocycles. The minimum Gasteiger partial charge on any atom is -0.258 e. The lowest BCUT2D eigenvalue weighted by molar-refractivity contribution is -0.387. The van der Waals surface area contributed by atoms with Gasteiger partial charge in [0.25, 0.3) is 14.7 Å². The summed E-state index contributed by atoms with van der Waals surface area (Å²) in [6.07, 6.45) is 0. The molecule has 0 bridgehead atoms. The van der Waals surface area contributed by atoms with Gasteiger partial charge in [-0.05, 0) is 22.0 Å². The van der Waals surface area contributed by atoms with E-state index in [-0.39, 0.29) is 10.0 Å². The van der Waals surface area contributed by atoms with E-state index in [0.717, 1.165) is 12.1 Å². The van der Waals surface area contributed by atoms with E-state index < -0.39 is 24.6 Å². The first-order chi connectivity index (χ1) is 7.27. The quantitative estimate of drug-likeness (QED) is 0.471. The Hall–Kier alpha value is -1.17. The first-order valence-corrected chi connectivity index (χ1v) is 6.70. The minimum absolute atomic E-state index is 0.0456. The normalized spacial score (nSPS) is 10.8. The average Bonchev–Trinajstić information content (AvgIpc) is 2.15. The maximum absolute atomic E-state index is 11.1. The number of nitro benzene ring substituents is 1. The molecular formula is C7H2BrClN2O4S. The molecule has 0 fully saturated rings. The highest BCUT2D eigenvalue weighted by atomic mass is 79.9. The van der Waals surface area contributed by atoms with Gasteiger partial charge in [-0.15, -0.1) is 0 Å². The zero-order valence-electron chi connectivity index (χ0n) is 7.35. The van der Waals surface area contributed by atoms with E-state index in [2.05, 4.69) is 15.9 Å². The van der Waals surface area contributed by atoms with Gasteiger partial charge in [0.05, 0.1) is 10.5 Å². The van der Waals surface area contributed by atoms with Crippen molar-refractivity contribution in [1.29, 1.82) is 5.26 Å². The number of hydrogen-bond donors (Lipinski definition) is 0. The summed E-state index contributed by atoms with van der Waals surface area (Å²) >= 11 is 2.91. The van der Waals surface area contributed by atoms with Crippen LogP contribution in [0, 0.1) is 21.4 Å². The highest BCUT2D eigenvalue weighted by Gasteiger charge is 2.26. The van der Waals surface area contributed by atoms with Gasteiger partial charge in [0.2, 0.25) is 0 Å². The molecule has 0 heterocycles. The van der Waals surface area contributed by atoms with Crippen LogP contribution in [0.1, 0.15) is 5.56 Å². The first kappa shape index (κ1) is 12.9. The Kier molecular flexibility index (Phi) is 3.52. The topological polar surface area (TPSA) is 101 Å². The van der Waals surface area contributed by atoms with Crippen LogP contribution < -0.4 is 0 Å². The lowest BCUT2D eigenvalue weighted by Gasteiger charge is -2.01. The molecule has 0 aromatic heterocycles. The SMILES string of the molecule is N#Cc1cc([N+](=O)[O-])c(S(=O)(=O)Cl)cc1Br. The number of nitrogens with zero attached hydrogens (tertiary/aromatic N) is 2. The van der Waals surface area contributed by atoms with Crippen LogP contribution in [0.4, 0.5) is 5.69 Å². The molecule has 1 aromatic rings. The zero-order chi connectivity index (χ0) is 12.5. The lowest BCUT2D eigenvalue weighted by Crippen LogP contribution is -2.00. The molecule has 0 radical (unpaired) electrons. The summed E-state index contributed by atoms with van der Waals surface area (Å²) in [4.78, 5) is 9.04. The van der Waals surface area contributed by atoms with Gasteiger partial charge in [-0.1, -0.05) is 0 Å². The van der Waals surface area contributed by atoms with Gasteiger partial charge in [-0.25, -0.2) is 8.42 Å². The summed E-state index contributed by atoms with van der Waals surface area (Å²) in [6, 6.07) is 3.46. The number of nitro groups is 1. The standard InChI is InChI=1S/C7H2BrClN2O4S/c8-5-2-7(16(9,14)15)6(11(12)13)1-4(5)3-10/h1-2H. The van der Waals surface area contributed by atoms with E-state index in [4.69, 9.17) is 15.9 Å². The molecule has 6 nitrogen and oxygen atoms in total.